The highest BCUT2D eigenvalue weighted by Crippen LogP contribution is 2.07. The number of aromatic nitrogens is 4. The molecular formula is C19H25N5O3. The van der Waals surface area contributed by atoms with Gasteiger partial charge in [-0.3, -0.25) is 13.9 Å². The predicted molar refractivity (Wildman–Crippen MR) is 104 cm³/mol. The Morgan fingerprint density at radius 2 is 1.85 bits per heavy atom. The van der Waals surface area contributed by atoms with Gasteiger partial charge in [0, 0.05) is 26.7 Å². The van der Waals surface area contributed by atoms with E-state index in [1.165, 1.54) is 23.5 Å². The second kappa shape index (κ2) is 7.89. The van der Waals surface area contributed by atoms with Gasteiger partial charge in [-0.25, -0.2) is 9.78 Å². The van der Waals surface area contributed by atoms with Crippen molar-refractivity contribution >= 4 is 11.2 Å². The summed E-state index contributed by atoms with van der Waals surface area (Å²) >= 11 is 0. The number of rotatable bonds is 7. The Balaban J connectivity index is 1.67. The maximum Gasteiger partial charge on any atom is 0.332 e. The van der Waals surface area contributed by atoms with Gasteiger partial charge < -0.3 is 15.0 Å². The van der Waals surface area contributed by atoms with E-state index >= 15 is 0 Å². The largest absolute Gasteiger partial charge is 0.390 e. The number of hydrogen-bond donors (Lipinski definition) is 2. The molecule has 0 aliphatic heterocycles. The third kappa shape index (κ3) is 4.01. The molecule has 2 unspecified atom stereocenters. The topological polar surface area (TPSA) is 94.1 Å². The van der Waals surface area contributed by atoms with Gasteiger partial charge in [0.05, 0.1) is 19.0 Å². The maximum atomic E-state index is 12.4. The lowest BCUT2D eigenvalue weighted by atomic mass is 10.1. The Kier molecular flexibility index (Phi) is 5.57. The molecule has 0 aliphatic rings. The van der Waals surface area contributed by atoms with E-state index in [9.17, 15) is 14.7 Å². The molecule has 3 aromatic rings. The van der Waals surface area contributed by atoms with Gasteiger partial charge in [0.2, 0.25) is 0 Å². The number of nitrogens with zero attached hydrogens (tertiary/aromatic N) is 4. The van der Waals surface area contributed by atoms with Gasteiger partial charge in [0.25, 0.3) is 5.56 Å². The van der Waals surface area contributed by atoms with Gasteiger partial charge in [-0.15, -0.1) is 0 Å². The van der Waals surface area contributed by atoms with E-state index in [4.69, 9.17) is 0 Å². The molecule has 2 atom stereocenters. The molecule has 3 rings (SSSR count). The lowest BCUT2D eigenvalue weighted by molar-refractivity contribution is 0.149. The summed E-state index contributed by atoms with van der Waals surface area (Å²) in [5.74, 6) is 0. The van der Waals surface area contributed by atoms with Gasteiger partial charge in [-0.05, 0) is 18.9 Å². The minimum atomic E-state index is -0.692. The molecule has 0 amide bonds. The molecule has 0 saturated carbocycles. The van der Waals surface area contributed by atoms with E-state index in [0.29, 0.717) is 17.7 Å². The molecule has 8 heteroatoms. The van der Waals surface area contributed by atoms with Gasteiger partial charge >= 0.3 is 5.69 Å². The van der Waals surface area contributed by atoms with E-state index < -0.39 is 17.4 Å². The van der Waals surface area contributed by atoms with Crippen molar-refractivity contribution in [3.8, 4) is 0 Å². The summed E-state index contributed by atoms with van der Waals surface area (Å²) in [6, 6.07) is 10.4. The number of fused-ring (bicyclic) bond motifs is 1. The lowest BCUT2D eigenvalue weighted by Crippen LogP contribution is -2.39. The first-order valence-electron chi connectivity index (χ1n) is 8.94. The van der Waals surface area contributed by atoms with Gasteiger partial charge in [0.1, 0.15) is 0 Å². The summed E-state index contributed by atoms with van der Waals surface area (Å²) in [6.45, 7) is 2.67. The van der Waals surface area contributed by atoms with Crippen LogP contribution in [0.15, 0.2) is 46.2 Å². The minimum Gasteiger partial charge on any atom is -0.390 e. The summed E-state index contributed by atoms with van der Waals surface area (Å²) in [4.78, 5) is 28.6. The molecule has 2 aromatic heterocycles. The van der Waals surface area contributed by atoms with E-state index in [2.05, 4.69) is 29.4 Å². The van der Waals surface area contributed by atoms with Crippen molar-refractivity contribution in [2.45, 2.75) is 32.0 Å². The number of aryl methyl sites for hydroxylation is 1. The van der Waals surface area contributed by atoms with Crippen LogP contribution in [0.5, 0.6) is 0 Å². The Morgan fingerprint density at radius 3 is 2.56 bits per heavy atom. The molecule has 2 N–H and O–H groups in total. The molecule has 1 aromatic carbocycles. The smallest absolute Gasteiger partial charge is 0.332 e. The Hall–Kier alpha value is -2.71. The molecular weight excluding hydrogens is 346 g/mol. The quantitative estimate of drug-likeness (QED) is 0.610. The zero-order valence-corrected chi connectivity index (χ0v) is 15.8. The lowest BCUT2D eigenvalue weighted by Gasteiger charge is -2.18. The average Bonchev–Trinajstić information content (AvgIpc) is 3.07. The zero-order chi connectivity index (χ0) is 19.6. The van der Waals surface area contributed by atoms with Crippen molar-refractivity contribution in [3.05, 3.63) is 63.1 Å². The van der Waals surface area contributed by atoms with Crippen LogP contribution in [-0.2, 0) is 27.1 Å². The molecule has 0 saturated heterocycles. The molecule has 0 bridgehead atoms. The van der Waals surface area contributed by atoms with Crippen LogP contribution in [-0.4, -0.2) is 42.5 Å². The van der Waals surface area contributed by atoms with E-state index in [1.54, 1.807) is 11.6 Å². The summed E-state index contributed by atoms with van der Waals surface area (Å²) < 4.78 is 3.98. The summed E-state index contributed by atoms with van der Waals surface area (Å²) in [6.07, 6.45) is 1.66. The third-order valence-electron chi connectivity index (χ3n) is 4.71. The number of aliphatic hydroxyl groups excluding tert-OH is 1. The number of nitrogens with one attached hydrogen (secondary N) is 1. The van der Waals surface area contributed by atoms with Crippen molar-refractivity contribution < 1.29 is 5.11 Å². The first kappa shape index (κ1) is 19.1. The van der Waals surface area contributed by atoms with Crippen LogP contribution in [0.4, 0.5) is 0 Å². The first-order chi connectivity index (χ1) is 12.9. The van der Waals surface area contributed by atoms with Gasteiger partial charge in [0.15, 0.2) is 11.2 Å². The molecule has 0 spiro atoms. The first-order valence-corrected chi connectivity index (χ1v) is 8.94. The highest BCUT2D eigenvalue weighted by molar-refractivity contribution is 5.69. The molecule has 144 valence electrons. The van der Waals surface area contributed by atoms with Crippen LogP contribution in [0.1, 0.15) is 12.5 Å². The highest BCUT2D eigenvalue weighted by atomic mass is 16.3. The molecule has 0 aliphatic carbocycles. The van der Waals surface area contributed by atoms with E-state index in [1.807, 2.05) is 18.2 Å². The highest BCUT2D eigenvalue weighted by Gasteiger charge is 2.16. The summed E-state index contributed by atoms with van der Waals surface area (Å²) in [7, 11) is 3.01. The van der Waals surface area contributed by atoms with Gasteiger partial charge in [-0.1, -0.05) is 30.3 Å². The molecule has 0 fully saturated rings. The molecule has 0 radical (unpaired) electrons. The normalized spacial score (nSPS) is 13.8. The van der Waals surface area contributed by atoms with Crippen LogP contribution in [0.25, 0.3) is 11.2 Å². The predicted octanol–water partition coefficient (Wildman–Crippen LogP) is 0.0154. The van der Waals surface area contributed by atoms with Crippen LogP contribution in [0, 0.1) is 0 Å². The fraction of sp³-hybridized carbons (Fsp3) is 0.421. The average molecular weight is 371 g/mol. The SMILES string of the molecule is CC(Cc1ccccc1)NCC(O)Cn1cnc2c1c(=O)n(C)c(=O)n2C. The number of aliphatic hydroxyl groups is 1. The Labute approximate surface area is 156 Å². The van der Waals surface area contributed by atoms with Crippen molar-refractivity contribution in [1.29, 1.82) is 0 Å². The number of imidazole rings is 1. The van der Waals surface area contributed by atoms with E-state index in [-0.39, 0.29) is 12.6 Å². The summed E-state index contributed by atoms with van der Waals surface area (Å²) in [5, 5.41) is 13.7. The Morgan fingerprint density at radius 1 is 1.15 bits per heavy atom. The van der Waals surface area contributed by atoms with Crippen LogP contribution < -0.4 is 16.6 Å². The van der Waals surface area contributed by atoms with Crippen molar-refractivity contribution in [3.63, 3.8) is 0 Å². The fourth-order valence-electron chi connectivity index (χ4n) is 3.20. The zero-order valence-electron chi connectivity index (χ0n) is 15.8. The van der Waals surface area contributed by atoms with Crippen LogP contribution >= 0.6 is 0 Å². The summed E-state index contributed by atoms with van der Waals surface area (Å²) in [5.41, 5.74) is 1.03. The number of benzene rings is 1. The second-order valence-corrected chi connectivity index (χ2v) is 6.93. The van der Waals surface area contributed by atoms with Crippen molar-refractivity contribution in [2.24, 2.45) is 14.1 Å². The number of hydrogen-bond acceptors (Lipinski definition) is 5. The van der Waals surface area contributed by atoms with Crippen LogP contribution in [0.3, 0.4) is 0 Å². The maximum absolute atomic E-state index is 12.4. The molecule has 2 heterocycles. The molecule has 27 heavy (non-hydrogen) atoms. The fourth-order valence-corrected chi connectivity index (χ4v) is 3.20. The Bertz CT molecular complexity index is 1040. The minimum absolute atomic E-state index is 0.204. The van der Waals surface area contributed by atoms with Gasteiger partial charge in [-0.2, -0.15) is 0 Å². The van der Waals surface area contributed by atoms with Crippen molar-refractivity contribution in [2.75, 3.05) is 6.54 Å². The monoisotopic (exact) mass is 371 g/mol. The van der Waals surface area contributed by atoms with Crippen LogP contribution in [0.2, 0.25) is 0 Å². The second-order valence-electron chi connectivity index (χ2n) is 6.93. The molecule has 8 nitrogen and oxygen atoms in total. The van der Waals surface area contributed by atoms with E-state index in [0.717, 1.165) is 11.0 Å². The van der Waals surface area contributed by atoms with Crippen molar-refractivity contribution in [1.82, 2.24) is 24.0 Å². The third-order valence-corrected chi connectivity index (χ3v) is 4.71. The standard InChI is InChI=1S/C19H25N5O3/c1-13(9-14-7-5-4-6-8-14)20-10-15(25)11-24-12-21-17-16(24)18(26)23(3)19(27)22(17)2/h4-8,12-13,15,20,25H,9-11H2,1-3H3.